The van der Waals surface area contributed by atoms with E-state index in [-0.39, 0.29) is 0 Å². The lowest BCUT2D eigenvalue weighted by molar-refractivity contribution is 0.170. The van der Waals surface area contributed by atoms with Crippen molar-refractivity contribution in [3.63, 3.8) is 0 Å². The average Bonchev–Trinajstić information content (AvgIpc) is 2.75. The minimum atomic E-state index is 0.295. The molecule has 0 aliphatic carbocycles. The minimum Gasteiger partial charge on any atom is -0.385 e. The number of aromatic nitrogens is 2. The van der Waals surface area contributed by atoms with Gasteiger partial charge in [0.25, 0.3) is 0 Å². The largest absolute Gasteiger partial charge is 0.385 e. The van der Waals surface area contributed by atoms with E-state index in [9.17, 15) is 0 Å². The zero-order valence-corrected chi connectivity index (χ0v) is 10.4. The van der Waals surface area contributed by atoms with Crippen LogP contribution >= 0.6 is 11.5 Å². The number of nitrogens with one attached hydrogen (secondary N) is 1. The Morgan fingerprint density at radius 2 is 2.40 bits per heavy atom. The normalized spacial score (nSPS) is 15.1. The summed E-state index contributed by atoms with van der Waals surface area (Å²) < 4.78 is 9.01. The van der Waals surface area contributed by atoms with Crippen molar-refractivity contribution in [3.8, 4) is 0 Å². The first kappa shape index (κ1) is 12.5. The lowest BCUT2D eigenvalue weighted by Gasteiger charge is -2.22. The van der Waals surface area contributed by atoms with Gasteiger partial charge in [0.1, 0.15) is 0 Å². The zero-order valence-electron chi connectivity index (χ0n) is 9.56. The van der Waals surface area contributed by atoms with Crippen molar-refractivity contribution < 1.29 is 4.74 Å². The molecule has 2 atom stereocenters. The zero-order chi connectivity index (χ0) is 11.1. The Balaban J connectivity index is 2.57. The van der Waals surface area contributed by atoms with Crippen LogP contribution in [0, 0.1) is 5.92 Å². The highest BCUT2D eigenvalue weighted by molar-refractivity contribution is 7.03. The Hall–Kier alpha value is -0.520. The molecule has 1 aromatic rings. The molecule has 1 N–H and O–H groups in total. The number of nitrogens with zero attached hydrogens (tertiary/aromatic N) is 2. The van der Waals surface area contributed by atoms with Crippen LogP contribution in [0.2, 0.25) is 0 Å². The maximum Gasteiger partial charge on any atom is 0.0927 e. The van der Waals surface area contributed by atoms with Gasteiger partial charge in [-0.05, 0) is 30.4 Å². The van der Waals surface area contributed by atoms with Crippen LogP contribution in [0.5, 0.6) is 0 Å². The van der Waals surface area contributed by atoms with Crippen molar-refractivity contribution in [3.05, 3.63) is 11.1 Å². The highest BCUT2D eigenvalue weighted by atomic mass is 32.1. The average molecular weight is 229 g/mol. The van der Waals surface area contributed by atoms with Crippen LogP contribution in [0.1, 0.15) is 32.0 Å². The monoisotopic (exact) mass is 229 g/mol. The second-order valence-electron chi connectivity index (χ2n) is 3.62. The fraction of sp³-hybridized carbons (Fsp3) is 0.800. The van der Waals surface area contributed by atoms with Crippen molar-refractivity contribution >= 4 is 11.5 Å². The van der Waals surface area contributed by atoms with Gasteiger partial charge in [-0.15, -0.1) is 5.10 Å². The Bertz CT molecular complexity index is 253. The molecule has 0 aliphatic rings. The van der Waals surface area contributed by atoms with Crippen LogP contribution in [0.4, 0.5) is 0 Å². The van der Waals surface area contributed by atoms with Gasteiger partial charge in [-0.3, -0.25) is 0 Å². The van der Waals surface area contributed by atoms with Crippen molar-refractivity contribution in [1.29, 1.82) is 0 Å². The second kappa shape index (κ2) is 6.87. The van der Waals surface area contributed by atoms with Crippen molar-refractivity contribution in [2.24, 2.45) is 5.92 Å². The van der Waals surface area contributed by atoms with Gasteiger partial charge in [-0.25, -0.2) is 0 Å². The van der Waals surface area contributed by atoms with Gasteiger partial charge in [0.15, 0.2) is 0 Å². The van der Waals surface area contributed by atoms with Crippen LogP contribution in [-0.4, -0.2) is 29.8 Å². The van der Waals surface area contributed by atoms with E-state index in [2.05, 4.69) is 28.8 Å². The van der Waals surface area contributed by atoms with Crippen LogP contribution in [-0.2, 0) is 4.74 Å². The van der Waals surface area contributed by atoms with E-state index in [1.54, 1.807) is 7.11 Å². The molecule has 0 fully saturated rings. The van der Waals surface area contributed by atoms with E-state index >= 15 is 0 Å². The highest BCUT2D eigenvalue weighted by Crippen LogP contribution is 2.23. The Morgan fingerprint density at radius 3 is 2.93 bits per heavy atom. The van der Waals surface area contributed by atoms with Crippen molar-refractivity contribution in [1.82, 2.24) is 14.9 Å². The quantitative estimate of drug-likeness (QED) is 0.775. The van der Waals surface area contributed by atoms with E-state index in [0.717, 1.165) is 25.3 Å². The predicted molar refractivity (Wildman–Crippen MR) is 62.0 cm³/mol. The SMILES string of the molecule is CCNC(c1csnn1)C(C)CCOC. The van der Waals surface area contributed by atoms with E-state index in [1.807, 2.05) is 5.38 Å². The van der Waals surface area contributed by atoms with Crippen molar-refractivity contribution in [2.75, 3.05) is 20.3 Å². The summed E-state index contributed by atoms with van der Waals surface area (Å²) in [6.07, 6.45) is 1.03. The summed E-state index contributed by atoms with van der Waals surface area (Å²) in [4.78, 5) is 0. The fourth-order valence-corrected chi connectivity index (χ4v) is 2.09. The van der Waals surface area contributed by atoms with E-state index in [4.69, 9.17) is 4.74 Å². The molecule has 4 nitrogen and oxygen atoms in total. The Morgan fingerprint density at radius 1 is 1.60 bits per heavy atom. The van der Waals surface area contributed by atoms with Gasteiger partial charge < -0.3 is 10.1 Å². The van der Waals surface area contributed by atoms with Gasteiger partial charge in [0, 0.05) is 19.1 Å². The first-order valence-electron chi connectivity index (χ1n) is 5.28. The molecule has 0 radical (unpaired) electrons. The maximum atomic E-state index is 5.10. The standard InChI is InChI=1S/C10H19N3OS/c1-4-11-10(8(2)5-6-14-3)9-7-15-13-12-9/h7-8,10-11H,4-6H2,1-3H3. The summed E-state index contributed by atoms with van der Waals surface area (Å²) >= 11 is 1.40. The van der Waals surface area contributed by atoms with Crippen LogP contribution in [0.3, 0.4) is 0 Å². The van der Waals surface area contributed by atoms with Crippen LogP contribution < -0.4 is 5.32 Å². The second-order valence-corrected chi connectivity index (χ2v) is 4.23. The molecule has 0 spiro atoms. The molecule has 0 amide bonds. The Kier molecular flexibility index (Phi) is 5.75. The number of rotatable bonds is 7. The topological polar surface area (TPSA) is 47.0 Å². The summed E-state index contributed by atoms with van der Waals surface area (Å²) in [5.41, 5.74) is 1.05. The first-order chi connectivity index (χ1) is 7.29. The molecule has 15 heavy (non-hydrogen) atoms. The van der Waals surface area contributed by atoms with Gasteiger partial charge in [0.05, 0.1) is 11.7 Å². The smallest absolute Gasteiger partial charge is 0.0927 e. The number of methoxy groups -OCH3 is 1. The Labute approximate surface area is 95.2 Å². The van der Waals surface area contributed by atoms with Crippen LogP contribution in [0.25, 0.3) is 0 Å². The van der Waals surface area contributed by atoms with Gasteiger partial charge in [-0.2, -0.15) is 0 Å². The van der Waals surface area contributed by atoms with E-state index in [1.165, 1.54) is 11.5 Å². The number of ether oxygens (including phenoxy) is 1. The van der Waals surface area contributed by atoms with Gasteiger partial charge in [-0.1, -0.05) is 18.3 Å². The third-order valence-electron chi connectivity index (χ3n) is 2.47. The van der Waals surface area contributed by atoms with Gasteiger partial charge >= 0.3 is 0 Å². The molecule has 1 heterocycles. The summed E-state index contributed by atoms with van der Waals surface area (Å²) in [6.45, 7) is 6.06. The summed E-state index contributed by atoms with van der Waals surface area (Å²) in [7, 11) is 1.74. The molecule has 2 unspecified atom stereocenters. The maximum absolute atomic E-state index is 5.10. The summed E-state index contributed by atoms with van der Waals surface area (Å²) in [5.74, 6) is 0.508. The lowest BCUT2D eigenvalue weighted by Crippen LogP contribution is -2.27. The molecule has 0 saturated carbocycles. The van der Waals surface area contributed by atoms with Gasteiger partial charge in [0.2, 0.25) is 0 Å². The molecule has 5 heteroatoms. The lowest BCUT2D eigenvalue weighted by atomic mass is 9.96. The van der Waals surface area contributed by atoms with E-state index in [0.29, 0.717) is 12.0 Å². The third-order valence-corrected chi connectivity index (χ3v) is 2.99. The first-order valence-corrected chi connectivity index (χ1v) is 6.12. The van der Waals surface area contributed by atoms with Crippen molar-refractivity contribution in [2.45, 2.75) is 26.3 Å². The minimum absolute atomic E-state index is 0.295. The molecule has 0 aromatic carbocycles. The fourth-order valence-electron chi connectivity index (χ4n) is 1.59. The van der Waals surface area contributed by atoms with Crippen LogP contribution in [0.15, 0.2) is 5.38 Å². The third kappa shape index (κ3) is 3.85. The molecule has 0 bridgehead atoms. The predicted octanol–water partition coefficient (Wildman–Crippen LogP) is 1.86. The number of hydrogen-bond donors (Lipinski definition) is 1. The summed E-state index contributed by atoms with van der Waals surface area (Å²) in [5, 5.41) is 9.58. The molecule has 1 aromatic heterocycles. The molecular weight excluding hydrogens is 210 g/mol. The molecule has 86 valence electrons. The summed E-state index contributed by atoms with van der Waals surface area (Å²) in [6, 6.07) is 0.295. The molecule has 0 saturated heterocycles. The molecule has 1 rings (SSSR count). The molecule has 0 aliphatic heterocycles. The highest BCUT2D eigenvalue weighted by Gasteiger charge is 2.20. The molecular formula is C10H19N3OS. The van der Waals surface area contributed by atoms with E-state index < -0.39 is 0 Å². The number of hydrogen-bond acceptors (Lipinski definition) is 5.